The smallest absolute Gasteiger partial charge is 0.231 e. The van der Waals surface area contributed by atoms with Crippen LogP contribution in [0.3, 0.4) is 0 Å². The van der Waals surface area contributed by atoms with E-state index in [1.165, 1.54) is 76.3 Å². The van der Waals surface area contributed by atoms with E-state index in [2.05, 4.69) is 24.0 Å². The molecule has 5 heterocycles. The molecule has 3 aliphatic heterocycles. The second kappa shape index (κ2) is 9.02. The van der Waals surface area contributed by atoms with E-state index in [1.807, 2.05) is 11.3 Å². The number of hydrogen-bond acceptors (Lipinski definition) is 6. The second-order valence-electron chi connectivity index (χ2n) is 10.9. The van der Waals surface area contributed by atoms with Crippen LogP contribution in [0.5, 0.6) is 11.6 Å². The standard InChI is InChI=1S/C28H34N4O2S/c1-18-6-8-21-23(16-18)35-28-25(21)27(29-24(30-28)17-31-12-14-33-15-13-31)34-22-9-7-19-4-2-10-32-11-3-5-20(22)26(19)32/h7,9,18H,2-6,8,10-17H2,1H3/p+1/t18-/m1/s1. The Kier molecular flexibility index (Phi) is 5.67. The van der Waals surface area contributed by atoms with Crippen LogP contribution >= 0.6 is 11.3 Å². The Morgan fingerprint density at radius 3 is 2.83 bits per heavy atom. The predicted molar refractivity (Wildman–Crippen MR) is 139 cm³/mol. The molecule has 0 spiro atoms. The van der Waals surface area contributed by atoms with Crippen LogP contribution < -0.4 is 14.5 Å². The molecule has 0 amide bonds. The third-order valence-electron chi connectivity index (χ3n) is 8.35. The Morgan fingerprint density at radius 1 is 1.09 bits per heavy atom. The molecule has 1 N–H and O–H groups in total. The summed E-state index contributed by atoms with van der Waals surface area (Å²) in [7, 11) is 0. The average Bonchev–Trinajstić information content (AvgIpc) is 3.24. The van der Waals surface area contributed by atoms with E-state index in [0.717, 1.165) is 80.3 Å². The SMILES string of the molecule is C[C@@H]1CCc2c(sc3nc(C[NH+]4CCOCC4)nc(Oc4ccc5c6c4CCCN6CCC5)c23)C1. The molecule has 184 valence electrons. The molecule has 1 aromatic carbocycles. The predicted octanol–water partition coefficient (Wildman–Crippen LogP) is 3.72. The van der Waals surface area contributed by atoms with Crippen molar-refractivity contribution >= 4 is 27.2 Å². The zero-order valence-electron chi connectivity index (χ0n) is 20.7. The lowest BCUT2D eigenvalue weighted by Crippen LogP contribution is -3.12. The van der Waals surface area contributed by atoms with Gasteiger partial charge in [-0.2, -0.15) is 4.98 Å². The molecule has 1 aliphatic carbocycles. The number of anilines is 1. The van der Waals surface area contributed by atoms with Gasteiger partial charge in [0, 0.05) is 29.2 Å². The van der Waals surface area contributed by atoms with Crippen molar-refractivity contribution in [3.05, 3.63) is 39.5 Å². The highest BCUT2D eigenvalue weighted by atomic mass is 32.1. The van der Waals surface area contributed by atoms with E-state index in [1.54, 1.807) is 0 Å². The molecule has 0 radical (unpaired) electrons. The highest BCUT2D eigenvalue weighted by molar-refractivity contribution is 7.18. The molecule has 1 atom stereocenters. The van der Waals surface area contributed by atoms with Crippen molar-refractivity contribution in [2.24, 2.45) is 5.92 Å². The van der Waals surface area contributed by atoms with E-state index in [4.69, 9.17) is 19.4 Å². The van der Waals surface area contributed by atoms with Gasteiger partial charge in [-0.05, 0) is 68.1 Å². The number of rotatable bonds is 4. The molecule has 1 fully saturated rings. The number of nitrogens with one attached hydrogen (secondary N) is 1. The molecular formula is C28H35N4O2S+. The summed E-state index contributed by atoms with van der Waals surface area (Å²) in [4.78, 5) is 16.9. The number of ether oxygens (including phenoxy) is 2. The van der Waals surface area contributed by atoms with Crippen molar-refractivity contribution in [2.75, 3.05) is 44.3 Å². The summed E-state index contributed by atoms with van der Waals surface area (Å²) in [5, 5.41) is 1.18. The van der Waals surface area contributed by atoms with Crippen LogP contribution in [0.4, 0.5) is 5.69 Å². The first-order valence-corrected chi connectivity index (χ1v) is 14.3. The molecule has 2 aromatic heterocycles. The Hall–Kier alpha value is -2.22. The van der Waals surface area contributed by atoms with Crippen LogP contribution in [0.25, 0.3) is 10.2 Å². The van der Waals surface area contributed by atoms with Gasteiger partial charge in [-0.25, -0.2) is 4.98 Å². The number of fused-ring (bicyclic) bond motifs is 3. The molecule has 7 heteroatoms. The summed E-state index contributed by atoms with van der Waals surface area (Å²) < 4.78 is 12.4. The van der Waals surface area contributed by atoms with Crippen molar-refractivity contribution in [1.82, 2.24) is 9.97 Å². The third kappa shape index (κ3) is 4.02. The van der Waals surface area contributed by atoms with Crippen molar-refractivity contribution in [3.63, 3.8) is 0 Å². The number of nitrogens with zero attached hydrogens (tertiary/aromatic N) is 3. The van der Waals surface area contributed by atoms with Crippen molar-refractivity contribution in [1.29, 1.82) is 0 Å². The molecule has 0 saturated carbocycles. The van der Waals surface area contributed by atoms with Gasteiger partial charge in [-0.1, -0.05) is 13.0 Å². The Labute approximate surface area is 211 Å². The van der Waals surface area contributed by atoms with Crippen LogP contribution in [0.1, 0.15) is 53.6 Å². The van der Waals surface area contributed by atoms with Crippen LogP contribution in [-0.4, -0.2) is 49.4 Å². The lowest BCUT2D eigenvalue weighted by atomic mass is 9.89. The van der Waals surface area contributed by atoms with Crippen LogP contribution in [-0.2, 0) is 37.0 Å². The maximum atomic E-state index is 6.84. The lowest BCUT2D eigenvalue weighted by molar-refractivity contribution is -0.922. The van der Waals surface area contributed by atoms with E-state index in [-0.39, 0.29) is 0 Å². The number of morpholine rings is 1. The minimum Gasteiger partial charge on any atom is -0.438 e. The van der Waals surface area contributed by atoms with Crippen LogP contribution in [0, 0.1) is 5.92 Å². The summed E-state index contributed by atoms with van der Waals surface area (Å²) in [5.41, 5.74) is 5.77. The van der Waals surface area contributed by atoms with Gasteiger partial charge in [-0.3, -0.25) is 0 Å². The van der Waals surface area contributed by atoms with Gasteiger partial charge in [0.15, 0.2) is 5.82 Å². The van der Waals surface area contributed by atoms with Gasteiger partial charge < -0.3 is 19.3 Å². The lowest BCUT2D eigenvalue weighted by Gasteiger charge is -2.37. The fourth-order valence-electron chi connectivity index (χ4n) is 6.51. The zero-order valence-corrected chi connectivity index (χ0v) is 21.5. The summed E-state index contributed by atoms with van der Waals surface area (Å²) in [6.45, 7) is 9.21. The molecule has 3 aromatic rings. The fourth-order valence-corrected chi connectivity index (χ4v) is 7.90. The molecule has 35 heavy (non-hydrogen) atoms. The number of thiophene rings is 1. The number of hydrogen-bond donors (Lipinski definition) is 1. The number of quaternary nitrogens is 1. The van der Waals surface area contributed by atoms with Gasteiger partial charge in [0.25, 0.3) is 0 Å². The Balaban J connectivity index is 1.32. The number of benzene rings is 1. The minimum atomic E-state index is 0.737. The Morgan fingerprint density at radius 2 is 1.94 bits per heavy atom. The van der Waals surface area contributed by atoms with Gasteiger partial charge in [0.05, 0.1) is 18.6 Å². The monoisotopic (exact) mass is 491 g/mol. The fraction of sp³-hybridized carbons (Fsp3) is 0.571. The van der Waals surface area contributed by atoms with Gasteiger partial charge in [0.2, 0.25) is 5.88 Å². The minimum absolute atomic E-state index is 0.737. The first-order chi connectivity index (χ1) is 17.2. The molecule has 4 aliphatic rings. The van der Waals surface area contributed by atoms with Gasteiger partial charge in [-0.15, -0.1) is 11.3 Å². The summed E-state index contributed by atoms with van der Waals surface area (Å²) in [6, 6.07) is 4.51. The molecule has 1 saturated heterocycles. The maximum absolute atomic E-state index is 6.84. The largest absolute Gasteiger partial charge is 0.438 e. The molecule has 0 bridgehead atoms. The quantitative estimate of drug-likeness (QED) is 0.603. The van der Waals surface area contributed by atoms with E-state index < -0.39 is 0 Å². The summed E-state index contributed by atoms with van der Waals surface area (Å²) in [6.07, 6.45) is 8.22. The first kappa shape index (κ1) is 22.0. The third-order valence-corrected chi connectivity index (χ3v) is 9.50. The van der Waals surface area contributed by atoms with Crippen molar-refractivity contribution < 1.29 is 14.4 Å². The van der Waals surface area contributed by atoms with Crippen LogP contribution in [0.15, 0.2) is 12.1 Å². The zero-order chi connectivity index (χ0) is 23.4. The summed E-state index contributed by atoms with van der Waals surface area (Å²) in [5.74, 6) is 3.43. The normalized spacial score (nSPS) is 22.2. The molecule has 0 unspecified atom stereocenters. The molecule has 7 rings (SSSR count). The average molecular weight is 492 g/mol. The first-order valence-electron chi connectivity index (χ1n) is 13.5. The molecular weight excluding hydrogens is 456 g/mol. The number of aromatic nitrogens is 2. The second-order valence-corrected chi connectivity index (χ2v) is 11.9. The van der Waals surface area contributed by atoms with Crippen molar-refractivity contribution in [3.8, 4) is 11.6 Å². The Bertz CT molecular complexity index is 1260. The topological polar surface area (TPSA) is 51.9 Å². The van der Waals surface area contributed by atoms with Gasteiger partial charge in [0.1, 0.15) is 30.2 Å². The number of aryl methyl sites for hydroxylation is 2. The molecule has 6 nitrogen and oxygen atoms in total. The highest BCUT2D eigenvalue weighted by Gasteiger charge is 2.29. The maximum Gasteiger partial charge on any atom is 0.231 e. The van der Waals surface area contributed by atoms with E-state index >= 15 is 0 Å². The summed E-state index contributed by atoms with van der Waals surface area (Å²) >= 11 is 1.88. The highest BCUT2D eigenvalue weighted by Crippen LogP contribution is 2.45. The van der Waals surface area contributed by atoms with Crippen LogP contribution in [0.2, 0.25) is 0 Å². The van der Waals surface area contributed by atoms with Crippen molar-refractivity contribution in [2.45, 2.75) is 58.4 Å². The van der Waals surface area contributed by atoms with E-state index in [0.29, 0.717) is 0 Å². The van der Waals surface area contributed by atoms with E-state index in [9.17, 15) is 0 Å². The van der Waals surface area contributed by atoms with Gasteiger partial charge >= 0.3 is 0 Å².